The third-order valence-corrected chi connectivity index (χ3v) is 2.98. The third kappa shape index (κ3) is 3.02. The Kier molecular flexibility index (Phi) is 3.72. The lowest BCUT2D eigenvalue weighted by Gasteiger charge is -2.08. The predicted octanol–water partition coefficient (Wildman–Crippen LogP) is 3.01. The van der Waals surface area contributed by atoms with E-state index in [0.717, 1.165) is 9.26 Å². The highest BCUT2D eigenvalue weighted by Crippen LogP contribution is 2.22. The number of benzene rings is 1. The molecule has 0 amide bonds. The SMILES string of the molecule is CNc1cncc(Nc2ccc(F)cc2I)n1. The van der Waals surface area contributed by atoms with Crippen molar-refractivity contribution in [3.8, 4) is 0 Å². The molecule has 2 N–H and O–H groups in total. The van der Waals surface area contributed by atoms with Gasteiger partial charge in [0.1, 0.15) is 11.6 Å². The van der Waals surface area contributed by atoms with Gasteiger partial charge in [0.2, 0.25) is 0 Å². The molecular weight excluding hydrogens is 334 g/mol. The van der Waals surface area contributed by atoms with Crippen LogP contribution in [0.15, 0.2) is 30.6 Å². The van der Waals surface area contributed by atoms with E-state index in [1.54, 1.807) is 25.5 Å². The van der Waals surface area contributed by atoms with Crippen molar-refractivity contribution >= 4 is 39.9 Å². The lowest BCUT2D eigenvalue weighted by Crippen LogP contribution is -2.00. The molecule has 17 heavy (non-hydrogen) atoms. The molecule has 0 aliphatic heterocycles. The van der Waals surface area contributed by atoms with E-state index in [0.29, 0.717) is 11.6 Å². The lowest BCUT2D eigenvalue weighted by atomic mass is 10.3. The molecule has 0 spiro atoms. The van der Waals surface area contributed by atoms with Crippen LogP contribution in [0.2, 0.25) is 0 Å². The summed E-state index contributed by atoms with van der Waals surface area (Å²) in [5, 5.41) is 5.99. The Morgan fingerprint density at radius 3 is 2.71 bits per heavy atom. The van der Waals surface area contributed by atoms with Crippen LogP contribution in [0.1, 0.15) is 0 Å². The van der Waals surface area contributed by atoms with Gasteiger partial charge in [-0.3, -0.25) is 4.98 Å². The smallest absolute Gasteiger partial charge is 0.151 e. The largest absolute Gasteiger partial charge is 0.372 e. The molecule has 2 rings (SSSR count). The highest BCUT2D eigenvalue weighted by atomic mass is 127. The van der Waals surface area contributed by atoms with Gasteiger partial charge in [-0.25, -0.2) is 9.37 Å². The Hall–Kier alpha value is -1.44. The first-order chi connectivity index (χ1) is 8.19. The molecule has 88 valence electrons. The number of hydrogen-bond acceptors (Lipinski definition) is 4. The zero-order chi connectivity index (χ0) is 12.3. The summed E-state index contributed by atoms with van der Waals surface area (Å²) < 4.78 is 13.7. The van der Waals surface area contributed by atoms with Crippen molar-refractivity contribution in [1.82, 2.24) is 9.97 Å². The van der Waals surface area contributed by atoms with Gasteiger partial charge in [0.15, 0.2) is 5.82 Å². The van der Waals surface area contributed by atoms with Gasteiger partial charge in [-0.2, -0.15) is 0 Å². The van der Waals surface area contributed by atoms with E-state index in [-0.39, 0.29) is 5.82 Å². The van der Waals surface area contributed by atoms with Gasteiger partial charge in [0.25, 0.3) is 0 Å². The van der Waals surface area contributed by atoms with Crippen LogP contribution < -0.4 is 10.6 Å². The molecule has 0 aliphatic carbocycles. The second kappa shape index (κ2) is 5.26. The summed E-state index contributed by atoms with van der Waals surface area (Å²) in [6.45, 7) is 0. The molecule has 0 saturated heterocycles. The van der Waals surface area contributed by atoms with Crippen molar-refractivity contribution in [2.24, 2.45) is 0 Å². The highest BCUT2D eigenvalue weighted by molar-refractivity contribution is 14.1. The molecular formula is C11H10FIN4. The molecule has 0 fully saturated rings. The molecule has 4 nitrogen and oxygen atoms in total. The first kappa shape index (κ1) is 12.0. The minimum absolute atomic E-state index is 0.255. The van der Waals surface area contributed by atoms with E-state index in [1.165, 1.54) is 12.1 Å². The number of hydrogen-bond donors (Lipinski definition) is 2. The van der Waals surface area contributed by atoms with Gasteiger partial charge in [-0.05, 0) is 40.8 Å². The van der Waals surface area contributed by atoms with E-state index < -0.39 is 0 Å². The summed E-state index contributed by atoms with van der Waals surface area (Å²) in [6.07, 6.45) is 3.24. The van der Waals surface area contributed by atoms with Crippen LogP contribution in [0.5, 0.6) is 0 Å². The third-order valence-electron chi connectivity index (χ3n) is 2.08. The quantitative estimate of drug-likeness (QED) is 0.841. The normalized spacial score (nSPS) is 10.1. The molecule has 6 heteroatoms. The molecule has 0 radical (unpaired) electrons. The lowest BCUT2D eigenvalue weighted by molar-refractivity contribution is 0.627. The van der Waals surface area contributed by atoms with Gasteiger partial charge in [0, 0.05) is 10.6 Å². The van der Waals surface area contributed by atoms with Crippen molar-refractivity contribution in [2.45, 2.75) is 0 Å². The van der Waals surface area contributed by atoms with Crippen LogP contribution in [0.4, 0.5) is 21.7 Å². The fraction of sp³-hybridized carbons (Fsp3) is 0.0909. The van der Waals surface area contributed by atoms with Gasteiger partial charge in [-0.15, -0.1) is 0 Å². The summed E-state index contributed by atoms with van der Waals surface area (Å²) in [4.78, 5) is 8.30. The average Bonchev–Trinajstić information content (AvgIpc) is 2.33. The zero-order valence-corrected chi connectivity index (χ0v) is 11.2. The van der Waals surface area contributed by atoms with Gasteiger partial charge in [0.05, 0.1) is 18.1 Å². The second-order valence-electron chi connectivity index (χ2n) is 3.29. The molecule has 1 aromatic carbocycles. The topological polar surface area (TPSA) is 49.8 Å². The number of nitrogens with zero attached hydrogens (tertiary/aromatic N) is 2. The Bertz CT molecular complexity index is 533. The van der Waals surface area contributed by atoms with Crippen LogP contribution in [0.25, 0.3) is 0 Å². The minimum Gasteiger partial charge on any atom is -0.372 e. The maximum absolute atomic E-state index is 12.9. The predicted molar refractivity (Wildman–Crippen MR) is 74.0 cm³/mol. The Balaban J connectivity index is 2.25. The summed E-state index contributed by atoms with van der Waals surface area (Å²) in [5.74, 6) is 1.03. The van der Waals surface area contributed by atoms with Crippen molar-refractivity contribution in [3.05, 3.63) is 40.0 Å². The summed E-state index contributed by atoms with van der Waals surface area (Å²) in [5.41, 5.74) is 0.801. The van der Waals surface area contributed by atoms with Crippen molar-refractivity contribution in [2.75, 3.05) is 17.7 Å². The van der Waals surface area contributed by atoms with Gasteiger partial charge in [-0.1, -0.05) is 0 Å². The molecule has 0 saturated carbocycles. The molecule has 0 atom stereocenters. The van der Waals surface area contributed by atoms with Crippen LogP contribution in [-0.4, -0.2) is 17.0 Å². The standard InChI is InChI=1S/C11H10FIN4/c1-14-10-5-15-6-11(17-10)16-9-3-2-7(12)4-8(9)13/h2-6H,1H3,(H2,14,16,17). The highest BCUT2D eigenvalue weighted by Gasteiger charge is 2.03. The molecule has 0 aliphatic rings. The van der Waals surface area contributed by atoms with Crippen LogP contribution in [0, 0.1) is 9.39 Å². The minimum atomic E-state index is -0.255. The van der Waals surface area contributed by atoms with E-state index in [4.69, 9.17) is 0 Å². The Morgan fingerprint density at radius 1 is 1.24 bits per heavy atom. The molecule has 1 aromatic heterocycles. The number of anilines is 3. The first-order valence-corrected chi connectivity index (χ1v) is 5.99. The van der Waals surface area contributed by atoms with Crippen LogP contribution >= 0.6 is 22.6 Å². The summed E-state index contributed by atoms with van der Waals surface area (Å²) in [7, 11) is 1.77. The van der Waals surface area contributed by atoms with E-state index >= 15 is 0 Å². The van der Waals surface area contributed by atoms with E-state index in [2.05, 4.69) is 43.2 Å². The number of aromatic nitrogens is 2. The Morgan fingerprint density at radius 2 is 2.00 bits per heavy atom. The average molecular weight is 344 g/mol. The van der Waals surface area contributed by atoms with E-state index in [1.807, 2.05) is 0 Å². The monoisotopic (exact) mass is 344 g/mol. The number of nitrogens with one attached hydrogen (secondary N) is 2. The molecule has 1 heterocycles. The molecule has 0 bridgehead atoms. The molecule has 2 aromatic rings. The maximum atomic E-state index is 12.9. The summed E-state index contributed by atoms with van der Waals surface area (Å²) in [6, 6.07) is 4.53. The van der Waals surface area contributed by atoms with Crippen molar-refractivity contribution in [3.63, 3.8) is 0 Å². The fourth-order valence-corrected chi connectivity index (χ4v) is 1.89. The number of halogens is 2. The van der Waals surface area contributed by atoms with Crippen LogP contribution in [-0.2, 0) is 0 Å². The first-order valence-electron chi connectivity index (χ1n) is 4.91. The van der Waals surface area contributed by atoms with Crippen molar-refractivity contribution < 1.29 is 4.39 Å². The number of rotatable bonds is 3. The van der Waals surface area contributed by atoms with Crippen molar-refractivity contribution in [1.29, 1.82) is 0 Å². The fourth-order valence-electron chi connectivity index (χ4n) is 1.28. The molecule has 0 unspecified atom stereocenters. The summed E-state index contributed by atoms with van der Waals surface area (Å²) >= 11 is 2.06. The maximum Gasteiger partial charge on any atom is 0.151 e. The van der Waals surface area contributed by atoms with Gasteiger partial charge >= 0.3 is 0 Å². The van der Waals surface area contributed by atoms with Crippen LogP contribution in [0.3, 0.4) is 0 Å². The zero-order valence-electron chi connectivity index (χ0n) is 9.04. The van der Waals surface area contributed by atoms with Gasteiger partial charge < -0.3 is 10.6 Å². The Labute approximate surface area is 112 Å². The second-order valence-corrected chi connectivity index (χ2v) is 4.45. The van der Waals surface area contributed by atoms with E-state index in [9.17, 15) is 4.39 Å².